The van der Waals surface area contributed by atoms with Crippen LogP contribution in [0.1, 0.15) is 52.4 Å². The molecule has 2 heteroatoms. The Balaban J connectivity index is 1.87. The zero-order valence-electron chi connectivity index (χ0n) is 10.6. The van der Waals surface area contributed by atoms with E-state index in [0.717, 1.165) is 6.04 Å². The molecular formula is C13H28N2. The molecule has 1 aliphatic rings. The monoisotopic (exact) mass is 212 g/mol. The van der Waals surface area contributed by atoms with Crippen molar-refractivity contribution in [1.29, 1.82) is 0 Å². The van der Waals surface area contributed by atoms with E-state index in [1.807, 2.05) is 0 Å². The molecule has 0 unspecified atom stereocenters. The normalized spacial score (nSPS) is 17.8. The molecule has 0 aromatic rings. The van der Waals surface area contributed by atoms with E-state index in [1.54, 1.807) is 0 Å². The molecular weight excluding hydrogens is 184 g/mol. The van der Waals surface area contributed by atoms with Crippen LogP contribution in [0.15, 0.2) is 0 Å². The SMILES string of the molecule is CCN(CC)CCCCNC1CCCC1. The number of hydrogen-bond acceptors (Lipinski definition) is 2. The van der Waals surface area contributed by atoms with Crippen molar-refractivity contribution in [3.8, 4) is 0 Å². The van der Waals surface area contributed by atoms with Gasteiger partial charge in [-0.05, 0) is 51.9 Å². The molecule has 0 bridgehead atoms. The first-order chi connectivity index (χ1) is 7.36. The van der Waals surface area contributed by atoms with Crippen molar-refractivity contribution in [1.82, 2.24) is 10.2 Å². The smallest absolute Gasteiger partial charge is 0.00670 e. The van der Waals surface area contributed by atoms with Crippen LogP contribution < -0.4 is 5.32 Å². The molecule has 1 fully saturated rings. The van der Waals surface area contributed by atoms with Crippen molar-refractivity contribution in [3.05, 3.63) is 0 Å². The summed E-state index contributed by atoms with van der Waals surface area (Å²) in [6.45, 7) is 9.41. The van der Waals surface area contributed by atoms with Gasteiger partial charge in [-0.1, -0.05) is 26.7 Å². The maximum Gasteiger partial charge on any atom is 0.00670 e. The van der Waals surface area contributed by atoms with Crippen LogP contribution in [-0.4, -0.2) is 37.1 Å². The van der Waals surface area contributed by atoms with Crippen LogP contribution in [0, 0.1) is 0 Å². The van der Waals surface area contributed by atoms with Gasteiger partial charge in [0.1, 0.15) is 0 Å². The Labute approximate surface area is 95.4 Å². The first kappa shape index (κ1) is 13.0. The highest BCUT2D eigenvalue weighted by Gasteiger charge is 2.13. The molecule has 0 aromatic heterocycles. The lowest BCUT2D eigenvalue weighted by molar-refractivity contribution is 0.295. The zero-order valence-corrected chi connectivity index (χ0v) is 10.6. The largest absolute Gasteiger partial charge is 0.314 e. The molecule has 1 saturated carbocycles. The minimum Gasteiger partial charge on any atom is -0.314 e. The average molecular weight is 212 g/mol. The van der Waals surface area contributed by atoms with Crippen LogP contribution in [0.25, 0.3) is 0 Å². The summed E-state index contributed by atoms with van der Waals surface area (Å²) in [6.07, 6.45) is 8.40. The van der Waals surface area contributed by atoms with Crippen molar-refractivity contribution in [2.75, 3.05) is 26.2 Å². The maximum atomic E-state index is 3.67. The third kappa shape index (κ3) is 5.53. The highest BCUT2D eigenvalue weighted by molar-refractivity contribution is 4.73. The molecule has 0 spiro atoms. The van der Waals surface area contributed by atoms with E-state index in [0.29, 0.717) is 0 Å². The third-order valence-electron chi connectivity index (χ3n) is 3.58. The molecule has 2 nitrogen and oxygen atoms in total. The summed E-state index contributed by atoms with van der Waals surface area (Å²) in [6, 6.07) is 0.846. The van der Waals surface area contributed by atoms with Crippen molar-refractivity contribution in [2.45, 2.75) is 58.4 Å². The van der Waals surface area contributed by atoms with Gasteiger partial charge in [0.25, 0.3) is 0 Å². The van der Waals surface area contributed by atoms with E-state index in [4.69, 9.17) is 0 Å². The van der Waals surface area contributed by atoms with Crippen LogP contribution in [0.2, 0.25) is 0 Å². The fourth-order valence-corrected chi connectivity index (χ4v) is 2.44. The number of unbranched alkanes of at least 4 members (excludes halogenated alkanes) is 1. The minimum atomic E-state index is 0.846. The Morgan fingerprint density at radius 3 is 2.33 bits per heavy atom. The second-order valence-electron chi connectivity index (χ2n) is 4.67. The molecule has 1 N–H and O–H groups in total. The van der Waals surface area contributed by atoms with Crippen LogP contribution in [0.5, 0.6) is 0 Å². The van der Waals surface area contributed by atoms with E-state index in [-0.39, 0.29) is 0 Å². The summed E-state index contributed by atoms with van der Waals surface area (Å²) in [7, 11) is 0. The summed E-state index contributed by atoms with van der Waals surface area (Å²) in [5, 5.41) is 3.67. The quantitative estimate of drug-likeness (QED) is 0.622. The molecule has 0 atom stereocenters. The molecule has 0 aromatic carbocycles. The summed E-state index contributed by atoms with van der Waals surface area (Å²) in [5.74, 6) is 0. The lowest BCUT2D eigenvalue weighted by atomic mass is 10.2. The van der Waals surface area contributed by atoms with E-state index >= 15 is 0 Å². The van der Waals surface area contributed by atoms with Gasteiger partial charge in [0.05, 0.1) is 0 Å². The summed E-state index contributed by atoms with van der Waals surface area (Å²) in [5.41, 5.74) is 0. The summed E-state index contributed by atoms with van der Waals surface area (Å²) < 4.78 is 0. The summed E-state index contributed by atoms with van der Waals surface area (Å²) >= 11 is 0. The lowest BCUT2D eigenvalue weighted by Gasteiger charge is -2.18. The van der Waals surface area contributed by atoms with Gasteiger partial charge in [-0.15, -0.1) is 0 Å². The number of hydrogen-bond donors (Lipinski definition) is 1. The molecule has 90 valence electrons. The Morgan fingerprint density at radius 1 is 1.07 bits per heavy atom. The van der Waals surface area contributed by atoms with Gasteiger partial charge in [0, 0.05) is 6.04 Å². The first-order valence-corrected chi connectivity index (χ1v) is 6.82. The van der Waals surface area contributed by atoms with Crippen molar-refractivity contribution in [2.24, 2.45) is 0 Å². The average Bonchev–Trinajstić information content (AvgIpc) is 2.76. The molecule has 0 amide bonds. The fraction of sp³-hybridized carbons (Fsp3) is 1.00. The molecule has 0 radical (unpaired) electrons. The molecule has 0 heterocycles. The fourth-order valence-electron chi connectivity index (χ4n) is 2.44. The van der Waals surface area contributed by atoms with E-state index in [1.165, 1.54) is 64.7 Å². The number of nitrogens with zero attached hydrogens (tertiary/aromatic N) is 1. The lowest BCUT2D eigenvalue weighted by Crippen LogP contribution is -2.28. The van der Waals surface area contributed by atoms with Gasteiger partial charge < -0.3 is 10.2 Å². The first-order valence-electron chi connectivity index (χ1n) is 6.82. The van der Waals surface area contributed by atoms with Gasteiger partial charge in [-0.3, -0.25) is 0 Å². The van der Waals surface area contributed by atoms with Gasteiger partial charge in [-0.2, -0.15) is 0 Å². The second-order valence-corrected chi connectivity index (χ2v) is 4.67. The zero-order chi connectivity index (χ0) is 10.9. The molecule has 1 aliphatic carbocycles. The Bertz CT molecular complexity index is 133. The Hall–Kier alpha value is -0.0800. The summed E-state index contributed by atoms with van der Waals surface area (Å²) in [4.78, 5) is 2.51. The van der Waals surface area contributed by atoms with Crippen molar-refractivity contribution in [3.63, 3.8) is 0 Å². The van der Waals surface area contributed by atoms with Gasteiger partial charge >= 0.3 is 0 Å². The van der Waals surface area contributed by atoms with E-state index in [9.17, 15) is 0 Å². The van der Waals surface area contributed by atoms with E-state index < -0.39 is 0 Å². The second kappa shape index (κ2) is 8.12. The highest BCUT2D eigenvalue weighted by atomic mass is 15.1. The Kier molecular flexibility index (Phi) is 7.03. The molecule has 15 heavy (non-hydrogen) atoms. The third-order valence-corrected chi connectivity index (χ3v) is 3.58. The molecule has 0 saturated heterocycles. The predicted molar refractivity (Wildman–Crippen MR) is 67.3 cm³/mol. The predicted octanol–water partition coefficient (Wildman–Crippen LogP) is 2.64. The topological polar surface area (TPSA) is 15.3 Å². The van der Waals surface area contributed by atoms with Gasteiger partial charge in [-0.25, -0.2) is 0 Å². The van der Waals surface area contributed by atoms with Gasteiger partial charge in [0.2, 0.25) is 0 Å². The van der Waals surface area contributed by atoms with Crippen molar-refractivity contribution < 1.29 is 0 Å². The van der Waals surface area contributed by atoms with Crippen LogP contribution in [0.3, 0.4) is 0 Å². The maximum absolute atomic E-state index is 3.67. The molecule has 1 rings (SSSR count). The number of rotatable bonds is 8. The van der Waals surface area contributed by atoms with Crippen LogP contribution in [-0.2, 0) is 0 Å². The highest BCUT2D eigenvalue weighted by Crippen LogP contribution is 2.17. The standard InChI is InChI=1S/C13H28N2/c1-3-15(4-2)12-8-7-11-14-13-9-5-6-10-13/h13-14H,3-12H2,1-2H3. The molecule has 0 aliphatic heterocycles. The number of nitrogens with one attached hydrogen (secondary N) is 1. The van der Waals surface area contributed by atoms with Gasteiger partial charge in [0.15, 0.2) is 0 Å². The van der Waals surface area contributed by atoms with E-state index in [2.05, 4.69) is 24.1 Å². The minimum absolute atomic E-state index is 0.846. The van der Waals surface area contributed by atoms with Crippen LogP contribution >= 0.6 is 0 Å². The Morgan fingerprint density at radius 2 is 1.73 bits per heavy atom. The van der Waals surface area contributed by atoms with Crippen molar-refractivity contribution >= 4 is 0 Å². The van der Waals surface area contributed by atoms with Crippen LogP contribution in [0.4, 0.5) is 0 Å².